The molecule has 0 fully saturated rings. The molecule has 0 aromatic carbocycles. The van der Waals surface area contributed by atoms with Crippen molar-refractivity contribution in [3.63, 3.8) is 0 Å². The number of thioether (sulfide) groups is 1. The zero-order valence-corrected chi connectivity index (χ0v) is 8.54. The maximum Gasteiger partial charge on any atom is 0.224 e. The van der Waals surface area contributed by atoms with E-state index in [0.717, 1.165) is 11.5 Å². The van der Waals surface area contributed by atoms with Crippen LogP contribution in [0.25, 0.3) is 0 Å². The highest BCUT2D eigenvalue weighted by Gasteiger charge is 2.13. The number of nitrogens with zero attached hydrogens (tertiary/aromatic N) is 1. The molecule has 1 rings (SSSR count). The smallest absolute Gasteiger partial charge is 0.224 e. The van der Waals surface area contributed by atoms with Crippen LogP contribution >= 0.6 is 23.3 Å². The lowest BCUT2D eigenvalue weighted by Gasteiger charge is -2.00. The maximum atomic E-state index is 11.4. The first-order chi connectivity index (χ1) is 5.61. The summed E-state index contributed by atoms with van der Waals surface area (Å²) in [5, 5.41) is 0.807. The molecule has 1 aromatic heterocycles. The molecular formula is C7H10N2OS2. The SMILES string of the molecule is CC(C)SC(=O)c1cnsc1N. The molecule has 0 saturated carbocycles. The van der Waals surface area contributed by atoms with Gasteiger partial charge in [0.25, 0.3) is 0 Å². The lowest BCUT2D eigenvalue weighted by Crippen LogP contribution is -2.00. The van der Waals surface area contributed by atoms with Crippen LogP contribution in [-0.4, -0.2) is 14.7 Å². The average molecular weight is 202 g/mol. The molecule has 1 aromatic rings. The van der Waals surface area contributed by atoms with Crippen LogP contribution in [0.2, 0.25) is 0 Å². The van der Waals surface area contributed by atoms with Gasteiger partial charge in [-0.05, 0) is 11.5 Å². The molecule has 0 radical (unpaired) electrons. The molecule has 3 nitrogen and oxygen atoms in total. The predicted molar refractivity (Wildman–Crippen MR) is 53.6 cm³/mol. The Kier molecular flexibility index (Phi) is 3.11. The highest BCUT2D eigenvalue weighted by atomic mass is 32.2. The van der Waals surface area contributed by atoms with Crippen LogP contribution in [0, 0.1) is 0 Å². The van der Waals surface area contributed by atoms with Crippen molar-refractivity contribution < 1.29 is 4.79 Å². The molecule has 0 atom stereocenters. The Bertz CT molecular complexity index is 283. The molecule has 0 aliphatic carbocycles. The summed E-state index contributed by atoms with van der Waals surface area (Å²) in [4.78, 5) is 11.4. The molecule has 0 saturated heterocycles. The van der Waals surface area contributed by atoms with Gasteiger partial charge < -0.3 is 5.73 Å². The fourth-order valence-corrected chi connectivity index (χ4v) is 1.98. The third-order valence-electron chi connectivity index (χ3n) is 1.16. The van der Waals surface area contributed by atoms with Crippen molar-refractivity contribution in [3.8, 4) is 0 Å². The quantitative estimate of drug-likeness (QED) is 0.797. The van der Waals surface area contributed by atoms with Gasteiger partial charge in [-0.25, -0.2) is 0 Å². The Morgan fingerprint density at radius 2 is 2.42 bits per heavy atom. The monoisotopic (exact) mass is 202 g/mol. The molecule has 2 N–H and O–H groups in total. The van der Waals surface area contributed by atoms with Crippen molar-refractivity contribution in [1.82, 2.24) is 4.37 Å². The molecule has 5 heteroatoms. The van der Waals surface area contributed by atoms with Gasteiger partial charge in [0.1, 0.15) is 5.00 Å². The van der Waals surface area contributed by atoms with Gasteiger partial charge >= 0.3 is 0 Å². The summed E-state index contributed by atoms with van der Waals surface area (Å²) in [7, 11) is 0. The van der Waals surface area contributed by atoms with Crippen LogP contribution in [0.4, 0.5) is 5.00 Å². The second-order valence-electron chi connectivity index (χ2n) is 2.56. The van der Waals surface area contributed by atoms with Gasteiger partial charge in [0.05, 0.1) is 11.8 Å². The van der Waals surface area contributed by atoms with E-state index in [1.165, 1.54) is 18.0 Å². The van der Waals surface area contributed by atoms with Crippen LogP contribution < -0.4 is 5.73 Å². The molecule has 1 heterocycles. The molecule has 0 aliphatic rings. The summed E-state index contributed by atoms with van der Waals surface area (Å²) in [6.07, 6.45) is 1.53. The van der Waals surface area contributed by atoms with Gasteiger partial charge in [0, 0.05) is 5.25 Å². The highest BCUT2D eigenvalue weighted by molar-refractivity contribution is 8.14. The third-order valence-corrected chi connectivity index (χ3v) is 2.69. The number of carbonyl (C=O) groups excluding carboxylic acids is 1. The van der Waals surface area contributed by atoms with E-state index in [4.69, 9.17) is 5.73 Å². The van der Waals surface area contributed by atoms with E-state index in [2.05, 4.69) is 4.37 Å². The minimum absolute atomic E-state index is 0.0104. The number of nitrogens with two attached hydrogens (primary N) is 1. The number of anilines is 1. The molecule has 66 valence electrons. The fraction of sp³-hybridized carbons (Fsp3) is 0.429. The van der Waals surface area contributed by atoms with Gasteiger partial charge in [-0.2, -0.15) is 4.37 Å². The summed E-state index contributed by atoms with van der Waals surface area (Å²) >= 11 is 2.43. The second-order valence-corrected chi connectivity index (χ2v) is 4.94. The van der Waals surface area contributed by atoms with Crippen LogP contribution in [0.15, 0.2) is 6.20 Å². The summed E-state index contributed by atoms with van der Waals surface area (Å²) in [5.41, 5.74) is 6.08. The van der Waals surface area contributed by atoms with E-state index in [-0.39, 0.29) is 10.4 Å². The normalized spacial score (nSPS) is 10.6. The van der Waals surface area contributed by atoms with Gasteiger partial charge in [-0.1, -0.05) is 25.6 Å². The summed E-state index contributed by atoms with van der Waals surface area (Å²) in [6, 6.07) is 0. The number of carbonyl (C=O) groups is 1. The van der Waals surface area contributed by atoms with E-state index < -0.39 is 0 Å². The van der Waals surface area contributed by atoms with Crippen molar-refractivity contribution >= 4 is 33.4 Å². The van der Waals surface area contributed by atoms with E-state index in [1.54, 1.807) is 0 Å². The van der Waals surface area contributed by atoms with Gasteiger partial charge in [-0.3, -0.25) is 4.79 Å². The van der Waals surface area contributed by atoms with Crippen LogP contribution in [0.5, 0.6) is 0 Å². The van der Waals surface area contributed by atoms with E-state index >= 15 is 0 Å². The minimum Gasteiger partial charge on any atom is -0.389 e. The Morgan fingerprint density at radius 3 is 2.83 bits per heavy atom. The van der Waals surface area contributed by atoms with Gasteiger partial charge in [0.2, 0.25) is 5.12 Å². The Labute approximate surface area is 79.5 Å². The number of nitrogen functional groups attached to an aromatic ring is 1. The number of rotatable bonds is 2. The summed E-state index contributed by atoms with van der Waals surface area (Å²) in [6.45, 7) is 3.94. The molecule has 0 aliphatic heterocycles. The van der Waals surface area contributed by atoms with Crippen LogP contribution in [0.1, 0.15) is 24.2 Å². The fourth-order valence-electron chi connectivity index (χ4n) is 0.679. The van der Waals surface area contributed by atoms with Crippen molar-refractivity contribution in [3.05, 3.63) is 11.8 Å². The molecular weight excluding hydrogens is 192 g/mol. The Balaban J connectivity index is 2.72. The Hall–Kier alpha value is -0.550. The van der Waals surface area contributed by atoms with Crippen molar-refractivity contribution in [2.24, 2.45) is 0 Å². The lowest BCUT2D eigenvalue weighted by molar-refractivity contribution is 0.108. The number of aromatic nitrogens is 1. The summed E-state index contributed by atoms with van der Waals surface area (Å²) < 4.78 is 3.83. The first-order valence-corrected chi connectivity index (χ1v) is 5.17. The van der Waals surface area contributed by atoms with Crippen molar-refractivity contribution in [2.45, 2.75) is 19.1 Å². The lowest BCUT2D eigenvalue weighted by atomic mass is 10.4. The number of hydrogen-bond acceptors (Lipinski definition) is 5. The average Bonchev–Trinajstić information content (AvgIpc) is 2.33. The predicted octanol–water partition coefficient (Wildman–Crippen LogP) is 2.01. The Morgan fingerprint density at radius 1 is 1.75 bits per heavy atom. The zero-order chi connectivity index (χ0) is 9.14. The third kappa shape index (κ3) is 2.22. The van der Waals surface area contributed by atoms with Gasteiger partial charge in [-0.15, -0.1) is 0 Å². The molecule has 0 amide bonds. The van der Waals surface area contributed by atoms with Gasteiger partial charge in [0.15, 0.2) is 0 Å². The first kappa shape index (κ1) is 9.54. The van der Waals surface area contributed by atoms with Crippen molar-refractivity contribution in [2.75, 3.05) is 5.73 Å². The largest absolute Gasteiger partial charge is 0.389 e. The summed E-state index contributed by atoms with van der Waals surface area (Å²) in [5.74, 6) is 0. The topological polar surface area (TPSA) is 56.0 Å². The van der Waals surface area contributed by atoms with E-state index in [9.17, 15) is 4.79 Å². The van der Waals surface area contributed by atoms with E-state index in [0.29, 0.717) is 10.6 Å². The van der Waals surface area contributed by atoms with Crippen molar-refractivity contribution in [1.29, 1.82) is 0 Å². The molecule has 0 spiro atoms. The maximum absolute atomic E-state index is 11.4. The molecule has 0 unspecified atom stereocenters. The highest BCUT2D eigenvalue weighted by Crippen LogP contribution is 2.23. The number of hydrogen-bond donors (Lipinski definition) is 1. The minimum atomic E-state index is 0.0104. The zero-order valence-electron chi connectivity index (χ0n) is 6.90. The van der Waals surface area contributed by atoms with Crippen LogP contribution in [-0.2, 0) is 0 Å². The first-order valence-electron chi connectivity index (χ1n) is 3.52. The second kappa shape index (κ2) is 3.91. The standard InChI is InChI=1S/C7H10N2OS2/c1-4(2)11-7(10)5-3-9-12-6(5)8/h3-4H,8H2,1-2H3. The molecule has 0 bridgehead atoms. The van der Waals surface area contributed by atoms with Crippen LogP contribution in [0.3, 0.4) is 0 Å². The molecule has 12 heavy (non-hydrogen) atoms. The van der Waals surface area contributed by atoms with E-state index in [1.807, 2.05) is 13.8 Å².